The van der Waals surface area contributed by atoms with E-state index in [2.05, 4.69) is 4.74 Å². The molecule has 0 heterocycles. The third kappa shape index (κ3) is 3.72. The van der Waals surface area contributed by atoms with E-state index in [1.807, 2.05) is 14.2 Å². The van der Waals surface area contributed by atoms with Gasteiger partial charge in [0, 0.05) is 0 Å². The maximum atomic E-state index is 11.8. The fraction of sp³-hybridized carbons (Fsp3) is 0.333. The lowest BCUT2D eigenvalue weighted by Crippen LogP contribution is -2.19. The van der Waals surface area contributed by atoms with Crippen LogP contribution < -0.4 is 10.2 Å². The van der Waals surface area contributed by atoms with Gasteiger partial charge in [0.1, 0.15) is 5.75 Å². The normalized spacial score (nSPS) is 11.1. The molecule has 0 atom stereocenters. The third-order valence-electron chi connectivity index (χ3n) is 1.53. The van der Waals surface area contributed by atoms with E-state index in [0.717, 1.165) is 11.8 Å². The van der Waals surface area contributed by atoms with Crippen molar-refractivity contribution < 1.29 is 17.9 Å². The van der Waals surface area contributed by atoms with Crippen molar-refractivity contribution in [1.82, 2.24) is 0 Å². The van der Waals surface area contributed by atoms with E-state index < -0.39 is 6.36 Å². The lowest BCUT2D eigenvalue weighted by molar-refractivity contribution is -0.274. The van der Waals surface area contributed by atoms with Gasteiger partial charge < -0.3 is 4.74 Å². The Labute approximate surface area is 81.1 Å². The van der Waals surface area contributed by atoms with E-state index in [4.69, 9.17) is 0 Å². The van der Waals surface area contributed by atoms with Crippen molar-refractivity contribution in [2.24, 2.45) is 0 Å². The Bertz CT molecular complexity index is 298. The fourth-order valence-corrected chi connectivity index (χ4v) is 1.07. The molecule has 0 N–H and O–H groups in total. The molecular formula is C9H9BF3O. The van der Waals surface area contributed by atoms with E-state index in [0.29, 0.717) is 0 Å². The van der Waals surface area contributed by atoms with Gasteiger partial charge in [0.25, 0.3) is 0 Å². The topological polar surface area (TPSA) is 9.23 Å². The monoisotopic (exact) mass is 201 g/mol. The minimum atomic E-state index is -4.62. The lowest BCUT2D eigenvalue weighted by Gasteiger charge is -2.09. The predicted molar refractivity (Wildman–Crippen MR) is 49.0 cm³/mol. The van der Waals surface area contributed by atoms with Crippen LogP contribution in [0.3, 0.4) is 0 Å². The van der Waals surface area contributed by atoms with Gasteiger partial charge in [-0.25, -0.2) is 0 Å². The van der Waals surface area contributed by atoms with Gasteiger partial charge in [0.2, 0.25) is 0 Å². The average Bonchev–Trinajstić information content (AvgIpc) is 2.02. The molecule has 1 radical (unpaired) electrons. The molecule has 0 saturated heterocycles. The first kappa shape index (κ1) is 11.0. The molecule has 14 heavy (non-hydrogen) atoms. The summed E-state index contributed by atoms with van der Waals surface area (Å²) in [6, 6.07) is 5.90. The summed E-state index contributed by atoms with van der Waals surface area (Å²) in [6.07, 6.45) is -3.85. The van der Waals surface area contributed by atoms with E-state index in [1.165, 1.54) is 18.2 Å². The van der Waals surface area contributed by atoms with Crippen LogP contribution in [0.4, 0.5) is 13.2 Å². The largest absolute Gasteiger partial charge is 0.573 e. The van der Waals surface area contributed by atoms with Crippen LogP contribution in [0.5, 0.6) is 5.75 Å². The summed E-state index contributed by atoms with van der Waals surface area (Å²) in [4.78, 5) is 0. The Morgan fingerprint density at radius 1 is 1.36 bits per heavy atom. The maximum Gasteiger partial charge on any atom is 0.573 e. The standard InChI is InChI=1S/C9H9BF3O/c1-2-10-7-4-3-5-8(6-7)14-9(11,12)13/h3-6H,2H2,1H3. The summed E-state index contributed by atoms with van der Waals surface area (Å²) < 4.78 is 39.2. The molecule has 0 spiro atoms. The highest BCUT2D eigenvalue weighted by molar-refractivity contribution is 6.53. The van der Waals surface area contributed by atoms with Gasteiger partial charge in [-0.2, -0.15) is 0 Å². The van der Waals surface area contributed by atoms with Gasteiger partial charge in [-0.15, -0.1) is 13.2 Å². The van der Waals surface area contributed by atoms with Crippen molar-refractivity contribution in [3.63, 3.8) is 0 Å². The Kier molecular flexibility index (Phi) is 3.44. The molecule has 1 aromatic rings. The fourth-order valence-electron chi connectivity index (χ4n) is 1.07. The zero-order chi connectivity index (χ0) is 10.6. The Morgan fingerprint density at radius 2 is 2.07 bits per heavy atom. The molecule has 0 aliphatic heterocycles. The first-order chi connectivity index (χ1) is 6.51. The van der Waals surface area contributed by atoms with Crippen molar-refractivity contribution in [2.45, 2.75) is 19.6 Å². The van der Waals surface area contributed by atoms with Crippen molar-refractivity contribution >= 4 is 12.7 Å². The highest BCUT2D eigenvalue weighted by Gasteiger charge is 2.30. The molecule has 0 aromatic heterocycles. The van der Waals surface area contributed by atoms with Crippen molar-refractivity contribution in [3.05, 3.63) is 24.3 Å². The number of rotatable bonds is 3. The summed E-state index contributed by atoms with van der Waals surface area (Å²) in [5, 5.41) is 0. The smallest absolute Gasteiger partial charge is 0.406 e. The summed E-state index contributed by atoms with van der Waals surface area (Å²) in [7, 11) is 1.82. The number of hydrogen-bond donors (Lipinski definition) is 0. The number of benzene rings is 1. The number of alkyl halides is 3. The van der Waals surface area contributed by atoms with Crippen LogP contribution in [0.15, 0.2) is 24.3 Å². The number of ether oxygens (including phenoxy) is 1. The highest BCUT2D eigenvalue weighted by Crippen LogP contribution is 2.21. The van der Waals surface area contributed by atoms with E-state index >= 15 is 0 Å². The van der Waals surface area contributed by atoms with E-state index in [9.17, 15) is 13.2 Å². The van der Waals surface area contributed by atoms with Crippen molar-refractivity contribution in [1.29, 1.82) is 0 Å². The second kappa shape index (κ2) is 4.40. The van der Waals surface area contributed by atoms with Crippen LogP contribution in [0, 0.1) is 0 Å². The molecule has 1 rings (SSSR count). The zero-order valence-corrected chi connectivity index (χ0v) is 7.64. The summed E-state index contributed by atoms with van der Waals surface area (Å²) in [6.45, 7) is 1.91. The molecule has 5 heteroatoms. The molecule has 1 nitrogen and oxygen atoms in total. The number of halogens is 3. The van der Waals surface area contributed by atoms with Crippen LogP contribution in [-0.4, -0.2) is 13.6 Å². The average molecular weight is 201 g/mol. The minimum absolute atomic E-state index is 0.181. The number of hydrogen-bond acceptors (Lipinski definition) is 1. The summed E-state index contributed by atoms with van der Waals surface area (Å²) in [5.74, 6) is -0.181. The summed E-state index contributed by atoms with van der Waals surface area (Å²) in [5.41, 5.74) is 0.731. The van der Waals surface area contributed by atoms with Gasteiger partial charge in [0.05, 0.1) is 0 Å². The van der Waals surface area contributed by atoms with E-state index in [1.54, 1.807) is 6.07 Å². The summed E-state index contributed by atoms with van der Waals surface area (Å²) >= 11 is 0. The first-order valence-corrected chi connectivity index (χ1v) is 4.20. The SMILES string of the molecule is CC[B]c1cccc(OC(F)(F)F)c1. The predicted octanol–water partition coefficient (Wildman–Crippen LogP) is 2.35. The van der Waals surface area contributed by atoms with Gasteiger partial charge in [-0.3, -0.25) is 0 Å². The zero-order valence-electron chi connectivity index (χ0n) is 7.64. The Morgan fingerprint density at radius 3 is 2.64 bits per heavy atom. The second-order valence-electron chi connectivity index (χ2n) is 2.73. The second-order valence-corrected chi connectivity index (χ2v) is 2.73. The van der Waals surface area contributed by atoms with Gasteiger partial charge in [-0.05, 0) is 12.1 Å². The van der Waals surface area contributed by atoms with Crippen LogP contribution >= 0.6 is 0 Å². The molecular weight excluding hydrogens is 192 g/mol. The Balaban J connectivity index is 2.73. The molecule has 0 bridgehead atoms. The quantitative estimate of drug-likeness (QED) is 0.682. The van der Waals surface area contributed by atoms with Gasteiger partial charge in [-0.1, -0.05) is 30.8 Å². The van der Waals surface area contributed by atoms with Gasteiger partial charge in [0.15, 0.2) is 7.28 Å². The van der Waals surface area contributed by atoms with Crippen molar-refractivity contribution in [2.75, 3.05) is 0 Å². The lowest BCUT2D eigenvalue weighted by atomic mass is 9.68. The van der Waals surface area contributed by atoms with Crippen LogP contribution in [0.1, 0.15) is 6.92 Å². The molecule has 0 unspecified atom stereocenters. The molecule has 1 aromatic carbocycles. The van der Waals surface area contributed by atoms with E-state index in [-0.39, 0.29) is 5.75 Å². The van der Waals surface area contributed by atoms with Crippen LogP contribution in [-0.2, 0) is 0 Å². The Hall–Kier alpha value is -1.13. The van der Waals surface area contributed by atoms with Crippen LogP contribution in [0.2, 0.25) is 6.32 Å². The third-order valence-corrected chi connectivity index (χ3v) is 1.53. The minimum Gasteiger partial charge on any atom is -0.406 e. The molecule has 0 amide bonds. The molecule has 0 aliphatic rings. The molecule has 0 fully saturated rings. The highest BCUT2D eigenvalue weighted by atomic mass is 19.4. The first-order valence-electron chi connectivity index (χ1n) is 4.20. The van der Waals surface area contributed by atoms with Crippen LogP contribution in [0.25, 0.3) is 0 Å². The van der Waals surface area contributed by atoms with Crippen molar-refractivity contribution in [3.8, 4) is 5.75 Å². The maximum absolute atomic E-state index is 11.8. The van der Waals surface area contributed by atoms with Gasteiger partial charge >= 0.3 is 6.36 Å². The molecule has 75 valence electrons. The molecule has 0 aliphatic carbocycles. The molecule has 0 saturated carbocycles.